The normalized spacial score (nSPS) is 16.5. The van der Waals surface area contributed by atoms with Crippen LogP contribution in [0.25, 0.3) is 10.2 Å². The fourth-order valence-electron chi connectivity index (χ4n) is 2.77. The van der Waals surface area contributed by atoms with Gasteiger partial charge in [-0.05, 0) is 44.0 Å². The maximum absolute atomic E-state index is 5.36. The van der Waals surface area contributed by atoms with E-state index in [0.717, 1.165) is 56.5 Å². The van der Waals surface area contributed by atoms with E-state index in [2.05, 4.69) is 36.2 Å². The van der Waals surface area contributed by atoms with Gasteiger partial charge in [-0.2, -0.15) is 0 Å². The first-order valence-electron chi connectivity index (χ1n) is 7.64. The molecule has 0 amide bonds. The summed E-state index contributed by atoms with van der Waals surface area (Å²) in [5.74, 6) is 0. The van der Waals surface area contributed by atoms with Gasteiger partial charge in [-0.15, -0.1) is 0 Å². The molecule has 21 heavy (non-hydrogen) atoms. The second kappa shape index (κ2) is 6.73. The van der Waals surface area contributed by atoms with Gasteiger partial charge in [0.25, 0.3) is 0 Å². The van der Waals surface area contributed by atoms with Crippen LogP contribution in [0.1, 0.15) is 17.5 Å². The van der Waals surface area contributed by atoms with Crippen LogP contribution in [0, 0.1) is 13.8 Å². The highest BCUT2D eigenvalue weighted by molar-refractivity contribution is 7.22. The monoisotopic (exact) mass is 305 g/mol. The Labute approximate surface area is 130 Å². The van der Waals surface area contributed by atoms with Gasteiger partial charge in [0.15, 0.2) is 5.13 Å². The van der Waals surface area contributed by atoms with Gasteiger partial charge < -0.3 is 10.1 Å². The van der Waals surface area contributed by atoms with Crippen LogP contribution in [0.15, 0.2) is 12.1 Å². The lowest BCUT2D eigenvalue weighted by Crippen LogP contribution is -2.37. The number of anilines is 1. The Kier molecular flexibility index (Phi) is 4.73. The molecule has 0 aliphatic carbocycles. The predicted molar refractivity (Wildman–Crippen MR) is 89.5 cm³/mol. The Morgan fingerprint density at radius 2 is 2.10 bits per heavy atom. The maximum atomic E-state index is 5.36. The van der Waals surface area contributed by atoms with Gasteiger partial charge in [0.05, 0.1) is 23.4 Å². The molecule has 3 rings (SSSR count). The summed E-state index contributed by atoms with van der Waals surface area (Å²) < 4.78 is 6.64. The van der Waals surface area contributed by atoms with Gasteiger partial charge >= 0.3 is 0 Å². The van der Waals surface area contributed by atoms with Crippen molar-refractivity contribution in [2.45, 2.75) is 20.3 Å². The number of aromatic nitrogens is 1. The van der Waals surface area contributed by atoms with Gasteiger partial charge in [0.1, 0.15) is 0 Å². The number of rotatable bonds is 5. The van der Waals surface area contributed by atoms with E-state index in [9.17, 15) is 0 Å². The quantitative estimate of drug-likeness (QED) is 0.862. The average Bonchev–Trinajstić information content (AvgIpc) is 2.88. The Morgan fingerprint density at radius 3 is 2.90 bits per heavy atom. The number of ether oxygens (including phenoxy) is 1. The molecule has 1 aromatic heterocycles. The number of benzene rings is 1. The Bertz CT molecular complexity index is 605. The van der Waals surface area contributed by atoms with Gasteiger partial charge in [-0.1, -0.05) is 17.4 Å². The minimum absolute atomic E-state index is 0.879. The Hall–Kier alpha value is -1.17. The number of morpholine rings is 1. The van der Waals surface area contributed by atoms with E-state index in [1.165, 1.54) is 15.8 Å². The second-order valence-corrected chi connectivity index (χ2v) is 6.71. The predicted octanol–water partition coefficient (Wildman–Crippen LogP) is 3.05. The third kappa shape index (κ3) is 3.73. The molecule has 5 heteroatoms. The second-order valence-electron chi connectivity index (χ2n) is 5.68. The van der Waals surface area contributed by atoms with E-state index >= 15 is 0 Å². The summed E-state index contributed by atoms with van der Waals surface area (Å²) in [6.45, 7) is 10.3. The molecular weight excluding hydrogens is 282 g/mol. The molecule has 1 fully saturated rings. The van der Waals surface area contributed by atoms with Gasteiger partial charge in [0.2, 0.25) is 0 Å². The van der Waals surface area contributed by atoms with E-state index < -0.39 is 0 Å². The van der Waals surface area contributed by atoms with E-state index in [1.54, 1.807) is 11.3 Å². The van der Waals surface area contributed by atoms with Crippen molar-refractivity contribution in [3.63, 3.8) is 0 Å². The number of nitrogens with zero attached hydrogens (tertiary/aromatic N) is 2. The van der Waals surface area contributed by atoms with Gasteiger partial charge in [0, 0.05) is 19.6 Å². The first-order valence-corrected chi connectivity index (χ1v) is 8.46. The Balaban J connectivity index is 1.52. The van der Waals surface area contributed by atoms with E-state index in [1.807, 2.05) is 0 Å². The molecule has 1 saturated heterocycles. The summed E-state index contributed by atoms with van der Waals surface area (Å²) >= 11 is 1.76. The van der Waals surface area contributed by atoms with Crippen LogP contribution >= 0.6 is 11.3 Å². The molecule has 1 aromatic carbocycles. The zero-order valence-electron chi connectivity index (χ0n) is 12.8. The summed E-state index contributed by atoms with van der Waals surface area (Å²) in [6.07, 6.45) is 1.15. The number of thiazole rings is 1. The first-order chi connectivity index (χ1) is 10.2. The maximum Gasteiger partial charge on any atom is 0.183 e. The molecule has 0 saturated carbocycles. The van der Waals surface area contributed by atoms with Crippen LogP contribution in [0.4, 0.5) is 5.13 Å². The summed E-state index contributed by atoms with van der Waals surface area (Å²) in [5, 5.41) is 4.51. The molecule has 1 N–H and O–H groups in total. The lowest BCUT2D eigenvalue weighted by atomic mass is 10.1. The molecule has 2 aromatic rings. The van der Waals surface area contributed by atoms with Crippen molar-refractivity contribution in [3.05, 3.63) is 23.3 Å². The van der Waals surface area contributed by atoms with Crippen LogP contribution in [0.2, 0.25) is 0 Å². The zero-order valence-corrected chi connectivity index (χ0v) is 13.6. The molecule has 0 unspecified atom stereocenters. The summed E-state index contributed by atoms with van der Waals surface area (Å²) in [7, 11) is 0. The number of hydrogen-bond donors (Lipinski definition) is 1. The van der Waals surface area contributed by atoms with Crippen molar-refractivity contribution in [1.29, 1.82) is 0 Å². The van der Waals surface area contributed by atoms with Gasteiger partial charge in [-0.3, -0.25) is 4.90 Å². The lowest BCUT2D eigenvalue weighted by Gasteiger charge is -2.26. The summed E-state index contributed by atoms with van der Waals surface area (Å²) in [6, 6.07) is 4.42. The summed E-state index contributed by atoms with van der Waals surface area (Å²) in [5.41, 5.74) is 3.71. The van der Waals surface area contributed by atoms with Crippen LogP contribution in [-0.2, 0) is 4.74 Å². The number of aryl methyl sites for hydroxylation is 2. The van der Waals surface area contributed by atoms with Crippen molar-refractivity contribution in [2.24, 2.45) is 0 Å². The fraction of sp³-hybridized carbons (Fsp3) is 0.562. The van der Waals surface area contributed by atoms with Crippen LogP contribution in [0.5, 0.6) is 0 Å². The minimum Gasteiger partial charge on any atom is -0.379 e. The van der Waals surface area contributed by atoms with Gasteiger partial charge in [-0.25, -0.2) is 4.98 Å². The molecule has 0 radical (unpaired) electrons. The number of fused-ring (bicyclic) bond motifs is 1. The largest absolute Gasteiger partial charge is 0.379 e. The molecule has 4 nitrogen and oxygen atoms in total. The molecular formula is C16H23N3OS. The molecule has 0 atom stereocenters. The average molecular weight is 305 g/mol. The third-order valence-corrected chi connectivity index (χ3v) is 4.82. The number of nitrogens with one attached hydrogen (secondary N) is 1. The van der Waals surface area contributed by atoms with Crippen molar-refractivity contribution in [3.8, 4) is 0 Å². The number of hydrogen-bond acceptors (Lipinski definition) is 5. The van der Waals surface area contributed by atoms with Crippen molar-refractivity contribution in [1.82, 2.24) is 9.88 Å². The van der Waals surface area contributed by atoms with Crippen LogP contribution < -0.4 is 5.32 Å². The van der Waals surface area contributed by atoms with Crippen molar-refractivity contribution >= 4 is 26.7 Å². The highest BCUT2D eigenvalue weighted by atomic mass is 32.1. The molecule has 1 aliphatic heterocycles. The molecule has 2 heterocycles. The van der Waals surface area contributed by atoms with Crippen LogP contribution in [-0.4, -0.2) is 49.3 Å². The molecule has 0 spiro atoms. The topological polar surface area (TPSA) is 37.4 Å². The molecule has 0 bridgehead atoms. The standard InChI is InChI=1S/C16H23N3OS/c1-12-10-13(2)15-14(11-12)21-16(18-15)17-4-3-5-19-6-8-20-9-7-19/h10-11H,3-9H2,1-2H3,(H,17,18). The highest BCUT2D eigenvalue weighted by Gasteiger charge is 2.10. The van der Waals surface area contributed by atoms with Crippen molar-refractivity contribution < 1.29 is 4.74 Å². The SMILES string of the molecule is Cc1cc(C)c2nc(NCCCN3CCOCC3)sc2c1. The fourth-order valence-corrected chi connectivity index (χ4v) is 3.84. The van der Waals surface area contributed by atoms with E-state index in [0.29, 0.717) is 0 Å². The van der Waals surface area contributed by atoms with E-state index in [4.69, 9.17) is 9.72 Å². The van der Waals surface area contributed by atoms with Crippen LogP contribution in [0.3, 0.4) is 0 Å². The van der Waals surface area contributed by atoms with Crippen molar-refractivity contribution in [2.75, 3.05) is 44.7 Å². The minimum atomic E-state index is 0.879. The summed E-state index contributed by atoms with van der Waals surface area (Å²) in [4.78, 5) is 7.18. The molecule has 1 aliphatic rings. The third-order valence-electron chi connectivity index (χ3n) is 3.86. The molecule has 114 valence electrons. The highest BCUT2D eigenvalue weighted by Crippen LogP contribution is 2.29. The van der Waals surface area contributed by atoms with E-state index in [-0.39, 0.29) is 0 Å². The lowest BCUT2D eigenvalue weighted by molar-refractivity contribution is 0.0378. The zero-order chi connectivity index (χ0) is 14.7. The first kappa shape index (κ1) is 14.8. The smallest absolute Gasteiger partial charge is 0.183 e. The Morgan fingerprint density at radius 1 is 1.29 bits per heavy atom.